The van der Waals surface area contributed by atoms with Crippen LogP contribution in [0.15, 0.2) is 36.7 Å². The molecule has 2 N–H and O–H groups in total. The number of hydrogen-bond acceptors (Lipinski definition) is 4. The van der Waals surface area contributed by atoms with Gasteiger partial charge in [0.25, 0.3) is 0 Å². The molecule has 0 fully saturated rings. The summed E-state index contributed by atoms with van der Waals surface area (Å²) in [7, 11) is 4.11. The molecule has 5 nitrogen and oxygen atoms in total. The van der Waals surface area contributed by atoms with Crippen molar-refractivity contribution in [3.8, 4) is 0 Å². The number of nitrogens with zero attached hydrogens (tertiary/aromatic N) is 4. The molecule has 2 aromatic rings. The minimum absolute atomic E-state index is 0.256. The predicted molar refractivity (Wildman–Crippen MR) is 85.2 cm³/mol. The molecule has 0 aliphatic carbocycles. The van der Waals surface area contributed by atoms with E-state index in [0.717, 1.165) is 25.5 Å². The first kappa shape index (κ1) is 14.1. The second-order valence-corrected chi connectivity index (χ2v) is 5.74. The van der Waals surface area contributed by atoms with Crippen LogP contribution in [0.3, 0.4) is 0 Å². The molecule has 3 rings (SSSR count). The Bertz CT molecular complexity index is 587. The van der Waals surface area contributed by atoms with E-state index >= 15 is 0 Å². The number of fused-ring (bicyclic) bond motifs is 1. The Balaban J connectivity index is 1.79. The fourth-order valence-corrected chi connectivity index (χ4v) is 2.95. The van der Waals surface area contributed by atoms with Gasteiger partial charge in [-0.2, -0.15) is 0 Å². The zero-order chi connectivity index (χ0) is 14.8. The Labute approximate surface area is 126 Å². The molecule has 0 bridgehead atoms. The van der Waals surface area contributed by atoms with E-state index in [1.807, 2.05) is 6.20 Å². The molecular formula is C16H23N5. The Morgan fingerprint density at radius 1 is 1.24 bits per heavy atom. The molecule has 1 aliphatic rings. The summed E-state index contributed by atoms with van der Waals surface area (Å²) in [5.74, 6) is 1.13. The van der Waals surface area contributed by atoms with Gasteiger partial charge in [0.05, 0.1) is 6.54 Å². The number of nitrogens with two attached hydrogens (primary N) is 1. The smallest absolute Gasteiger partial charge is 0.122 e. The highest BCUT2D eigenvalue weighted by Gasteiger charge is 2.24. The van der Waals surface area contributed by atoms with Crippen LogP contribution < -0.4 is 10.6 Å². The third kappa shape index (κ3) is 2.80. The highest BCUT2D eigenvalue weighted by molar-refractivity contribution is 5.46. The fourth-order valence-electron chi connectivity index (χ4n) is 2.95. The van der Waals surface area contributed by atoms with E-state index in [-0.39, 0.29) is 6.04 Å². The minimum Gasteiger partial charge on any atom is -0.378 e. The number of benzene rings is 1. The van der Waals surface area contributed by atoms with E-state index in [1.165, 1.54) is 11.3 Å². The standard InChI is InChI=1S/C16H23N5/c1-19(2)14-5-3-13(4-6-14)15(11-17)21-10-9-20-8-7-18-16(20)12-21/h3-8,15H,9-12,17H2,1-2H3. The van der Waals surface area contributed by atoms with E-state index < -0.39 is 0 Å². The second-order valence-electron chi connectivity index (χ2n) is 5.74. The van der Waals surface area contributed by atoms with Gasteiger partial charge in [-0.1, -0.05) is 12.1 Å². The summed E-state index contributed by atoms with van der Waals surface area (Å²) in [6.45, 7) is 3.49. The van der Waals surface area contributed by atoms with Gasteiger partial charge in [0, 0.05) is 57.9 Å². The van der Waals surface area contributed by atoms with Gasteiger partial charge in [-0.05, 0) is 17.7 Å². The van der Waals surface area contributed by atoms with Crippen molar-refractivity contribution in [2.75, 3.05) is 32.1 Å². The molecule has 1 atom stereocenters. The van der Waals surface area contributed by atoms with Crippen molar-refractivity contribution in [2.24, 2.45) is 5.73 Å². The van der Waals surface area contributed by atoms with Gasteiger partial charge in [0.1, 0.15) is 5.82 Å². The van der Waals surface area contributed by atoms with Crippen molar-refractivity contribution in [3.05, 3.63) is 48.0 Å². The lowest BCUT2D eigenvalue weighted by Gasteiger charge is -2.34. The minimum atomic E-state index is 0.256. The Hall–Kier alpha value is -1.85. The lowest BCUT2D eigenvalue weighted by Crippen LogP contribution is -2.39. The fraction of sp³-hybridized carbons (Fsp3) is 0.438. The molecule has 1 aromatic heterocycles. The zero-order valence-corrected chi connectivity index (χ0v) is 12.7. The van der Waals surface area contributed by atoms with Crippen LogP contribution in [0.1, 0.15) is 17.4 Å². The molecule has 2 heterocycles. The normalized spacial score (nSPS) is 16.5. The molecule has 21 heavy (non-hydrogen) atoms. The lowest BCUT2D eigenvalue weighted by molar-refractivity contribution is 0.156. The quantitative estimate of drug-likeness (QED) is 0.924. The number of anilines is 1. The molecule has 1 aliphatic heterocycles. The van der Waals surface area contributed by atoms with Crippen LogP contribution in [-0.4, -0.2) is 41.6 Å². The zero-order valence-electron chi connectivity index (χ0n) is 12.7. The topological polar surface area (TPSA) is 50.3 Å². The maximum absolute atomic E-state index is 6.05. The van der Waals surface area contributed by atoms with Gasteiger partial charge in [-0.25, -0.2) is 4.98 Å². The maximum Gasteiger partial charge on any atom is 0.122 e. The van der Waals surface area contributed by atoms with Crippen LogP contribution in [-0.2, 0) is 13.1 Å². The van der Waals surface area contributed by atoms with Crippen molar-refractivity contribution in [3.63, 3.8) is 0 Å². The molecule has 1 aromatic carbocycles. The first-order valence-electron chi connectivity index (χ1n) is 7.40. The number of aromatic nitrogens is 2. The molecule has 112 valence electrons. The highest BCUT2D eigenvalue weighted by atomic mass is 15.3. The van der Waals surface area contributed by atoms with Gasteiger partial charge in [-0.3, -0.25) is 4.90 Å². The van der Waals surface area contributed by atoms with Crippen molar-refractivity contribution in [1.29, 1.82) is 0 Å². The lowest BCUT2D eigenvalue weighted by atomic mass is 10.0. The van der Waals surface area contributed by atoms with Crippen LogP contribution in [0.2, 0.25) is 0 Å². The number of imidazole rings is 1. The first-order chi connectivity index (χ1) is 10.2. The average molecular weight is 285 g/mol. The van der Waals surface area contributed by atoms with Gasteiger partial charge in [0.2, 0.25) is 0 Å². The van der Waals surface area contributed by atoms with Crippen molar-refractivity contribution < 1.29 is 0 Å². The van der Waals surface area contributed by atoms with E-state index in [9.17, 15) is 0 Å². The first-order valence-corrected chi connectivity index (χ1v) is 7.40. The molecular weight excluding hydrogens is 262 g/mol. The van der Waals surface area contributed by atoms with E-state index in [2.05, 4.69) is 63.9 Å². The number of hydrogen-bond donors (Lipinski definition) is 1. The monoisotopic (exact) mass is 285 g/mol. The van der Waals surface area contributed by atoms with Gasteiger partial charge in [0.15, 0.2) is 0 Å². The van der Waals surface area contributed by atoms with Crippen molar-refractivity contribution in [2.45, 2.75) is 19.1 Å². The van der Waals surface area contributed by atoms with Crippen LogP contribution in [0.25, 0.3) is 0 Å². The summed E-state index contributed by atoms with van der Waals surface area (Å²) in [6.07, 6.45) is 3.93. The summed E-state index contributed by atoms with van der Waals surface area (Å²) >= 11 is 0. The molecule has 0 saturated carbocycles. The summed E-state index contributed by atoms with van der Waals surface area (Å²) in [4.78, 5) is 8.96. The Morgan fingerprint density at radius 2 is 2.00 bits per heavy atom. The summed E-state index contributed by atoms with van der Waals surface area (Å²) < 4.78 is 2.22. The van der Waals surface area contributed by atoms with Crippen LogP contribution >= 0.6 is 0 Å². The molecule has 0 radical (unpaired) electrons. The molecule has 0 saturated heterocycles. The van der Waals surface area contributed by atoms with E-state index in [0.29, 0.717) is 6.54 Å². The third-order valence-corrected chi connectivity index (χ3v) is 4.23. The molecule has 5 heteroatoms. The molecule has 0 spiro atoms. The van der Waals surface area contributed by atoms with E-state index in [1.54, 1.807) is 0 Å². The van der Waals surface area contributed by atoms with E-state index in [4.69, 9.17) is 5.73 Å². The van der Waals surface area contributed by atoms with Gasteiger partial charge >= 0.3 is 0 Å². The highest BCUT2D eigenvalue weighted by Crippen LogP contribution is 2.25. The Morgan fingerprint density at radius 3 is 2.67 bits per heavy atom. The number of rotatable bonds is 4. The summed E-state index contributed by atoms with van der Waals surface area (Å²) in [5, 5.41) is 0. The molecule has 0 amide bonds. The largest absolute Gasteiger partial charge is 0.378 e. The van der Waals surface area contributed by atoms with Crippen LogP contribution in [0.5, 0.6) is 0 Å². The Kier molecular flexibility index (Phi) is 3.94. The van der Waals surface area contributed by atoms with Crippen molar-refractivity contribution in [1.82, 2.24) is 14.5 Å². The van der Waals surface area contributed by atoms with Crippen LogP contribution in [0, 0.1) is 0 Å². The average Bonchev–Trinajstić information content (AvgIpc) is 2.96. The van der Waals surface area contributed by atoms with Gasteiger partial charge in [-0.15, -0.1) is 0 Å². The predicted octanol–water partition coefficient (Wildman–Crippen LogP) is 1.46. The summed E-state index contributed by atoms with van der Waals surface area (Å²) in [5.41, 5.74) is 8.54. The van der Waals surface area contributed by atoms with Crippen LogP contribution in [0.4, 0.5) is 5.69 Å². The van der Waals surface area contributed by atoms with Crippen molar-refractivity contribution >= 4 is 5.69 Å². The molecule has 1 unspecified atom stereocenters. The SMILES string of the molecule is CN(C)c1ccc(C(CN)N2CCn3ccnc3C2)cc1. The van der Waals surface area contributed by atoms with Gasteiger partial charge < -0.3 is 15.2 Å². The second kappa shape index (κ2) is 5.87. The summed E-state index contributed by atoms with van der Waals surface area (Å²) in [6, 6.07) is 8.94. The third-order valence-electron chi connectivity index (χ3n) is 4.23. The maximum atomic E-state index is 6.05.